The van der Waals surface area contributed by atoms with Crippen LogP contribution in [0.2, 0.25) is 0 Å². The standard InChI is InChI=1S/C15H19N5OS/c1-3-20-15(17-18-19-20)22-10(2)14(21)16-13-8-7-11-5-4-6-12(11)9-13/h7-10H,3-6H2,1-2H3,(H,16,21)/t10-/m1/s1. The second kappa shape index (κ2) is 6.48. The molecular weight excluding hydrogens is 298 g/mol. The Labute approximate surface area is 133 Å². The van der Waals surface area contributed by atoms with Crippen molar-refractivity contribution in [3.63, 3.8) is 0 Å². The van der Waals surface area contributed by atoms with Crippen LogP contribution in [0.5, 0.6) is 0 Å². The zero-order chi connectivity index (χ0) is 15.5. The average molecular weight is 317 g/mol. The topological polar surface area (TPSA) is 72.7 Å². The molecule has 0 unspecified atom stereocenters. The second-order valence-electron chi connectivity index (χ2n) is 5.36. The van der Waals surface area contributed by atoms with Crippen molar-refractivity contribution in [3.8, 4) is 0 Å². The number of fused-ring (bicyclic) bond motifs is 1. The SMILES string of the molecule is CCn1nnnc1S[C@H](C)C(=O)Nc1ccc2c(c1)CCC2. The highest BCUT2D eigenvalue weighted by Crippen LogP contribution is 2.26. The number of hydrogen-bond acceptors (Lipinski definition) is 5. The molecule has 1 aliphatic rings. The Bertz CT molecular complexity index is 684. The van der Waals surface area contributed by atoms with Gasteiger partial charge in [0.05, 0.1) is 5.25 Å². The van der Waals surface area contributed by atoms with Gasteiger partial charge in [-0.3, -0.25) is 4.79 Å². The minimum atomic E-state index is -0.260. The molecule has 0 bridgehead atoms. The summed E-state index contributed by atoms with van der Waals surface area (Å²) in [6, 6.07) is 6.19. The van der Waals surface area contributed by atoms with Gasteiger partial charge in [0, 0.05) is 12.2 Å². The number of rotatable bonds is 5. The number of thioether (sulfide) groups is 1. The lowest BCUT2D eigenvalue weighted by Crippen LogP contribution is -2.23. The van der Waals surface area contributed by atoms with Crippen LogP contribution < -0.4 is 5.32 Å². The first-order valence-electron chi connectivity index (χ1n) is 7.53. The second-order valence-corrected chi connectivity index (χ2v) is 6.67. The highest BCUT2D eigenvalue weighted by Gasteiger charge is 2.19. The van der Waals surface area contributed by atoms with E-state index in [1.807, 2.05) is 19.9 Å². The van der Waals surface area contributed by atoms with E-state index in [9.17, 15) is 4.79 Å². The van der Waals surface area contributed by atoms with Gasteiger partial charge in [-0.15, -0.1) is 5.10 Å². The molecule has 6 nitrogen and oxygen atoms in total. The molecule has 0 aliphatic heterocycles. The maximum absolute atomic E-state index is 12.3. The largest absolute Gasteiger partial charge is 0.325 e. The van der Waals surface area contributed by atoms with Crippen molar-refractivity contribution < 1.29 is 4.79 Å². The summed E-state index contributed by atoms with van der Waals surface area (Å²) in [5.41, 5.74) is 3.63. The Morgan fingerprint density at radius 2 is 2.23 bits per heavy atom. The lowest BCUT2D eigenvalue weighted by Gasteiger charge is -2.12. The first kappa shape index (κ1) is 15.0. The maximum atomic E-state index is 12.3. The van der Waals surface area contributed by atoms with Gasteiger partial charge in [-0.1, -0.05) is 17.8 Å². The molecule has 116 valence electrons. The van der Waals surface area contributed by atoms with E-state index in [1.54, 1.807) is 4.68 Å². The third kappa shape index (κ3) is 3.14. The van der Waals surface area contributed by atoms with Crippen molar-refractivity contribution >= 4 is 23.4 Å². The van der Waals surface area contributed by atoms with Gasteiger partial charge in [0.1, 0.15) is 0 Å². The van der Waals surface area contributed by atoms with Crippen molar-refractivity contribution in [2.75, 3.05) is 5.32 Å². The Kier molecular flexibility index (Phi) is 4.42. The molecule has 0 spiro atoms. The Hall–Kier alpha value is -1.89. The molecule has 1 atom stereocenters. The van der Waals surface area contributed by atoms with Gasteiger partial charge in [0.25, 0.3) is 0 Å². The van der Waals surface area contributed by atoms with Crippen molar-refractivity contribution in [3.05, 3.63) is 29.3 Å². The summed E-state index contributed by atoms with van der Waals surface area (Å²) in [7, 11) is 0. The lowest BCUT2D eigenvalue weighted by molar-refractivity contribution is -0.115. The van der Waals surface area contributed by atoms with Gasteiger partial charge in [0.2, 0.25) is 11.1 Å². The Morgan fingerprint density at radius 3 is 3.05 bits per heavy atom. The monoisotopic (exact) mass is 317 g/mol. The maximum Gasteiger partial charge on any atom is 0.237 e. The number of anilines is 1. The molecule has 0 saturated heterocycles. The van der Waals surface area contributed by atoms with Crippen molar-refractivity contribution in [2.45, 2.75) is 50.1 Å². The highest BCUT2D eigenvalue weighted by molar-refractivity contribution is 8.00. The number of carbonyl (C=O) groups excluding carboxylic acids is 1. The molecule has 1 aromatic heterocycles. The van der Waals surface area contributed by atoms with Crippen LogP contribution in [0, 0.1) is 0 Å². The molecule has 3 rings (SSSR count). The van der Waals surface area contributed by atoms with E-state index in [1.165, 1.54) is 29.3 Å². The van der Waals surface area contributed by atoms with Crippen LogP contribution in [0.4, 0.5) is 5.69 Å². The smallest absolute Gasteiger partial charge is 0.237 e. The summed E-state index contributed by atoms with van der Waals surface area (Å²) in [5.74, 6) is -0.0337. The number of tetrazole rings is 1. The molecule has 1 heterocycles. The molecule has 0 fully saturated rings. The number of hydrogen-bond donors (Lipinski definition) is 1. The fourth-order valence-corrected chi connectivity index (χ4v) is 3.44. The van der Waals surface area contributed by atoms with E-state index in [0.29, 0.717) is 11.7 Å². The number of benzene rings is 1. The van der Waals surface area contributed by atoms with Gasteiger partial charge in [-0.25, -0.2) is 4.68 Å². The van der Waals surface area contributed by atoms with E-state index in [0.717, 1.165) is 18.5 Å². The number of nitrogens with one attached hydrogen (secondary N) is 1. The van der Waals surface area contributed by atoms with Crippen molar-refractivity contribution in [2.24, 2.45) is 0 Å². The highest BCUT2D eigenvalue weighted by atomic mass is 32.2. The molecule has 0 radical (unpaired) electrons. The van der Waals surface area contributed by atoms with E-state index in [2.05, 4.69) is 33.0 Å². The molecule has 1 amide bonds. The minimum Gasteiger partial charge on any atom is -0.325 e. The first-order valence-corrected chi connectivity index (χ1v) is 8.41. The van der Waals surface area contributed by atoms with Crippen molar-refractivity contribution in [1.82, 2.24) is 20.2 Å². The summed E-state index contributed by atoms with van der Waals surface area (Å²) in [6.07, 6.45) is 3.46. The summed E-state index contributed by atoms with van der Waals surface area (Å²) in [4.78, 5) is 12.3. The molecule has 1 aliphatic carbocycles. The summed E-state index contributed by atoms with van der Waals surface area (Å²) in [5, 5.41) is 14.9. The zero-order valence-electron chi connectivity index (χ0n) is 12.7. The van der Waals surface area contributed by atoms with Crippen molar-refractivity contribution in [1.29, 1.82) is 0 Å². The molecule has 0 saturated carbocycles. The molecule has 1 aromatic carbocycles. The van der Waals surface area contributed by atoms with Crippen LogP contribution in [0.3, 0.4) is 0 Å². The van der Waals surface area contributed by atoms with E-state index >= 15 is 0 Å². The molecule has 1 N–H and O–H groups in total. The van der Waals surface area contributed by atoms with E-state index in [4.69, 9.17) is 0 Å². The van der Waals surface area contributed by atoms with Crippen LogP contribution in [-0.2, 0) is 24.2 Å². The molecular formula is C15H19N5OS. The van der Waals surface area contributed by atoms with Crippen LogP contribution in [0.25, 0.3) is 0 Å². The minimum absolute atomic E-state index is 0.0337. The van der Waals surface area contributed by atoms with Crippen LogP contribution in [0.15, 0.2) is 23.4 Å². The number of carbonyl (C=O) groups is 1. The van der Waals surface area contributed by atoms with Gasteiger partial charge in [-0.2, -0.15) is 0 Å². The number of aryl methyl sites for hydroxylation is 3. The quantitative estimate of drug-likeness (QED) is 0.857. The third-order valence-corrected chi connectivity index (χ3v) is 4.89. The van der Waals surface area contributed by atoms with E-state index in [-0.39, 0.29) is 11.2 Å². The fraction of sp³-hybridized carbons (Fsp3) is 0.467. The van der Waals surface area contributed by atoms with Crippen LogP contribution >= 0.6 is 11.8 Å². The average Bonchev–Trinajstić information content (AvgIpc) is 3.15. The summed E-state index contributed by atoms with van der Waals surface area (Å²) < 4.78 is 1.68. The molecule has 7 heteroatoms. The fourth-order valence-electron chi connectivity index (χ4n) is 2.58. The number of amides is 1. The summed E-state index contributed by atoms with van der Waals surface area (Å²) >= 11 is 1.37. The number of nitrogens with zero attached hydrogens (tertiary/aromatic N) is 4. The summed E-state index contributed by atoms with van der Waals surface area (Å²) in [6.45, 7) is 4.52. The Balaban J connectivity index is 1.64. The molecule has 22 heavy (non-hydrogen) atoms. The van der Waals surface area contributed by atoms with Gasteiger partial charge >= 0.3 is 0 Å². The van der Waals surface area contributed by atoms with Gasteiger partial charge in [-0.05, 0) is 66.8 Å². The molecule has 2 aromatic rings. The van der Waals surface area contributed by atoms with Gasteiger partial charge in [0.15, 0.2) is 0 Å². The van der Waals surface area contributed by atoms with Gasteiger partial charge < -0.3 is 5.32 Å². The Morgan fingerprint density at radius 1 is 1.41 bits per heavy atom. The number of aromatic nitrogens is 4. The predicted molar refractivity (Wildman–Crippen MR) is 85.9 cm³/mol. The van der Waals surface area contributed by atoms with Crippen LogP contribution in [0.1, 0.15) is 31.4 Å². The zero-order valence-corrected chi connectivity index (χ0v) is 13.6. The van der Waals surface area contributed by atoms with Crippen LogP contribution in [-0.4, -0.2) is 31.4 Å². The normalized spacial score (nSPS) is 14.6. The van der Waals surface area contributed by atoms with E-state index < -0.39 is 0 Å². The predicted octanol–water partition coefficient (Wildman–Crippen LogP) is 2.30. The lowest BCUT2D eigenvalue weighted by atomic mass is 10.1. The third-order valence-electron chi connectivity index (χ3n) is 3.82. The first-order chi connectivity index (χ1) is 10.7.